The van der Waals surface area contributed by atoms with Gasteiger partial charge in [-0.2, -0.15) is 0 Å². The summed E-state index contributed by atoms with van der Waals surface area (Å²) in [6.45, 7) is 3.17. The normalized spacial score (nSPS) is 10.6. The molecule has 0 radical (unpaired) electrons. The van der Waals surface area contributed by atoms with Gasteiger partial charge in [-0.15, -0.1) is 0 Å². The average Bonchev–Trinajstić information content (AvgIpc) is 2.82. The Morgan fingerprint density at radius 3 is 2.39 bits per heavy atom. The molecule has 0 saturated heterocycles. The third kappa shape index (κ3) is 4.95. The molecule has 0 aliphatic carbocycles. The molecular formula is C25H21FN4O3. The number of halogens is 1. The van der Waals surface area contributed by atoms with Crippen LogP contribution in [0.4, 0.5) is 4.39 Å². The first kappa shape index (κ1) is 21.9. The molecule has 8 heteroatoms. The lowest BCUT2D eigenvalue weighted by Crippen LogP contribution is -2.44. The van der Waals surface area contributed by atoms with Crippen molar-refractivity contribution in [3.05, 3.63) is 89.5 Å². The van der Waals surface area contributed by atoms with Gasteiger partial charge in [0.1, 0.15) is 17.1 Å². The summed E-state index contributed by atoms with van der Waals surface area (Å²) in [6, 6.07) is 19.2. The Morgan fingerprint density at radius 1 is 0.909 bits per heavy atom. The summed E-state index contributed by atoms with van der Waals surface area (Å²) in [6.07, 6.45) is 0. The first-order valence-electron chi connectivity index (χ1n) is 10.2. The van der Waals surface area contributed by atoms with Crippen LogP contribution in [0.3, 0.4) is 0 Å². The van der Waals surface area contributed by atoms with E-state index in [4.69, 9.17) is 4.74 Å². The van der Waals surface area contributed by atoms with Crippen molar-refractivity contribution in [2.75, 3.05) is 6.61 Å². The summed E-state index contributed by atoms with van der Waals surface area (Å²) in [5.41, 5.74) is 8.10. The molecular weight excluding hydrogens is 423 g/mol. The number of rotatable bonds is 5. The van der Waals surface area contributed by atoms with Crippen LogP contribution in [-0.2, 0) is 4.79 Å². The van der Waals surface area contributed by atoms with Crippen LogP contribution in [0.2, 0.25) is 0 Å². The number of nitrogens with zero attached hydrogens (tertiary/aromatic N) is 2. The second-order valence-electron chi connectivity index (χ2n) is 7.37. The lowest BCUT2D eigenvalue weighted by Gasteiger charge is -2.13. The van der Waals surface area contributed by atoms with Crippen molar-refractivity contribution < 1.29 is 18.7 Å². The van der Waals surface area contributed by atoms with Crippen LogP contribution < -0.4 is 15.6 Å². The van der Waals surface area contributed by atoms with Gasteiger partial charge in [-0.1, -0.05) is 48.5 Å². The molecule has 0 aliphatic rings. The molecule has 0 aliphatic heterocycles. The molecule has 0 bridgehead atoms. The van der Waals surface area contributed by atoms with Crippen LogP contribution in [-0.4, -0.2) is 28.4 Å². The number of hydrazine groups is 1. The van der Waals surface area contributed by atoms with E-state index in [0.29, 0.717) is 17.1 Å². The zero-order valence-corrected chi connectivity index (χ0v) is 18.1. The van der Waals surface area contributed by atoms with Gasteiger partial charge in [0.15, 0.2) is 6.61 Å². The van der Waals surface area contributed by atoms with E-state index in [0.717, 1.165) is 17.2 Å². The van der Waals surface area contributed by atoms with Crippen molar-refractivity contribution in [2.45, 2.75) is 13.8 Å². The number of aryl methyl sites for hydroxylation is 2. The van der Waals surface area contributed by atoms with Gasteiger partial charge in [-0.05, 0) is 31.5 Å². The molecule has 4 rings (SSSR count). The highest BCUT2D eigenvalue weighted by Gasteiger charge is 2.16. The minimum absolute atomic E-state index is 0.0313. The van der Waals surface area contributed by atoms with Crippen LogP contribution >= 0.6 is 0 Å². The van der Waals surface area contributed by atoms with E-state index >= 15 is 0 Å². The molecule has 0 fully saturated rings. The van der Waals surface area contributed by atoms with Gasteiger partial charge in [0.2, 0.25) is 0 Å². The molecule has 2 N–H and O–H groups in total. The van der Waals surface area contributed by atoms with Crippen molar-refractivity contribution in [2.24, 2.45) is 0 Å². The number of benzene rings is 3. The van der Waals surface area contributed by atoms with E-state index in [1.54, 1.807) is 26.0 Å². The topological polar surface area (TPSA) is 93.2 Å². The minimum atomic E-state index is -0.713. The van der Waals surface area contributed by atoms with E-state index in [1.807, 2.05) is 42.5 Å². The fourth-order valence-electron chi connectivity index (χ4n) is 3.29. The zero-order chi connectivity index (χ0) is 23.4. The Labute approximate surface area is 189 Å². The van der Waals surface area contributed by atoms with Gasteiger partial charge in [0, 0.05) is 11.6 Å². The molecule has 166 valence electrons. The van der Waals surface area contributed by atoms with Crippen LogP contribution in [0, 0.1) is 19.7 Å². The second-order valence-corrected chi connectivity index (χ2v) is 7.37. The average molecular weight is 444 g/mol. The Hall–Kier alpha value is -4.33. The van der Waals surface area contributed by atoms with Gasteiger partial charge in [0.25, 0.3) is 11.8 Å². The van der Waals surface area contributed by atoms with Gasteiger partial charge in [-0.25, -0.2) is 14.4 Å². The second kappa shape index (κ2) is 9.44. The Morgan fingerprint density at radius 2 is 1.61 bits per heavy atom. The van der Waals surface area contributed by atoms with E-state index < -0.39 is 17.6 Å². The van der Waals surface area contributed by atoms with E-state index in [1.165, 1.54) is 6.07 Å². The Balaban J connectivity index is 1.43. The quantitative estimate of drug-likeness (QED) is 0.456. The number of hydrogen-bond acceptors (Lipinski definition) is 5. The number of amides is 2. The van der Waals surface area contributed by atoms with Crippen molar-refractivity contribution in [3.8, 4) is 16.9 Å². The lowest BCUT2D eigenvalue weighted by atomic mass is 10.1. The van der Waals surface area contributed by atoms with Crippen molar-refractivity contribution >= 4 is 22.8 Å². The van der Waals surface area contributed by atoms with Crippen LogP contribution in [0.15, 0.2) is 66.7 Å². The van der Waals surface area contributed by atoms with Gasteiger partial charge in [0.05, 0.1) is 22.5 Å². The molecule has 0 unspecified atom stereocenters. The fraction of sp³-hybridized carbons (Fsp3) is 0.120. The number of aromatic nitrogens is 2. The predicted octanol–water partition coefficient (Wildman–Crippen LogP) is 3.89. The highest BCUT2D eigenvalue weighted by atomic mass is 19.1. The highest BCUT2D eigenvalue weighted by molar-refractivity contribution is 6.05. The number of nitrogens with one attached hydrogen (secondary N) is 2. The van der Waals surface area contributed by atoms with Crippen molar-refractivity contribution in [3.63, 3.8) is 0 Å². The Bertz CT molecular complexity index is 1340. The molecule has 7 nitrogen and oxygen atoms in total. The number of para-hydroxylation sites is 1. The smallest absolute Gasteiger partial charge is 0.276 e. The van der Waals surface area contributed by atoms with Crippen LogP contribution in [0.25, 0.3) is 22.2 Å². The molecule has 0 spiro atoms. The van der Waals surface area contributed by atoms with E-state index in [2.05, 4.69) is 20.8 Å². The molecule has 1 aromatic heterocycles. The zero-order valence-electron chi connectivity index (χ0n) is 18.1. The monoisotopic (exact) mass is 444 g/mol. The predicted molar refractivity (Wildman–Crippen MR) is 122 cm³/mol. The SMILES string of the molecule is Cc1nc2cc(F)cc(C(=O)NNC(=O)COc3ccccc3-c3ccccc3)c2nc1C. The van der Waals surface area contributed by atoms with Gasteiger partial charge < -0.3 is 4.74 Å². The Kier molecular flexibility index (Phi) is 6.26. The summed E-state index contributed by atoms with van der Waals surface area (Å²) >= 11 is 0. The molecule has 1 heterocycles. The molecule has 0 saturated carbocycles. The first-order valence-corrected chi connectivity index (χ1v) is 10.2. The highest BCUT2D eigenvalue weighted by Crippen LogP contribution is 2.29. The van der Waals surface area contributed by atoms with Crippen LogP contribution in [0.1, 0.15) is 21.7 Å². The summed E-state index contributed by atoms with van der Waals surface area (Å²) in [4.78, 5) is 33.5. The number of carbonyl (C=O) groups excluding carboxylic acids is 2. The minimum Gasteiger partial charge on any atom is -0.483 e. The van der Waals surface area contributed by atoms with Gasteiger partial charge >= 0.3 is 0 Å². The first-order chi connectivity index (χ1) is 15.9. The number of fused-ring (bicyclic) bond motifs is 1. The summed E-state index contributed by atoms with van der Waals surface area (Å²) < 4.78 is 19.7. The van der Waals surface area contributed by atoms with Crippen molar-refractivity contribution in [1.29, 1.82) is 0 Å². The molecule has 33 heavy (non-hydrogen) atoms. The largest absolute Gasteiger partial charge is 0.483 e. The number of hydrogen-bond donors (Lipinski definition) is 2. The maximum Gasteiger partial charge on any atom is 0.276 e. The molecule has 2 amide bonds. The van der Waals surface area contributed by atoms with Crippen LogP contribution in [0.5, 0.6) is 5.75 Å². The standard InChI is InChI=1S/C25H21FN4O3/c1-15-16(2)28-24-20(12-18(26)13-21(24)27-15)25(32)30-29-23(31)14-33-22-11-7-6-10-19(22)17-8-4-3-5-9-17/h3-13H,14H2,1-2H3,(H,29,31)(H,30,32). The molecule has 3 aromatic carbocycles. The fourth-order valence-corrected chi connectivity index (χ4v) is 3.29. The van der Waals surface area contributed by atoms with E-state index in [-0.39, 0.29) is 23.2 Å². The number of carbonyl (C=O) groups is 2. The van der Waals surface area contributed by atoms with Crippen molar-refractivity contribution in [1.82, 2.24) is 20.8 Å². The maximum atomic E-state index is 14.0. The molecule has 0 atom stereocenters. The third-order valence-electron chi connectivity index (χ3n) is 5.04. The molecule has 4 aromatic rings. The third-order valence-corrected chi connectivity index (χ3v) is 5.04. The maximum absolute atomic E-state index is 14.0. The lowest BCUT2D eigenvalue weighted by molar-refractivity contribution is -0.123. The summed E-state index contributed by atoms with van der Waals surface area (Å²) in [5.74, 6) is -1.39. The number of ether oxygens (including phenoxy) is 1. The summed E-state index contributed by atoms with van der Waals surface area (Å²) in [5, 5.41) is 0. The van der Waals surface area contributed by atoms with E-state index in [9.17, 15) is 14.0 Å². The van der Waals surface area contributed by atoms with Gasteiger partial charge in [-0.3, -0.25) is 20.4 Å². The summed E-state index contributed by atoms with van der Waals surface area (Å²) in [7, 11) is 0.